The van der Waals surface area contributed by atoms with Crippen LogP contribution in [0.15, 0.2) is 18.2 Å². The van der Waals surface area contributed by atoms with Crippen molar-refractivity contribution in [2.24, 2.45) is 0 Å². The number of carbonyl (C=O) groups excluding carboxylic acids is 2. The van der Waals surface area contributed by atoms with Crippen molar-refractivity contribution in [2.75, 3.05) is 49.6 Å². The molecule has 1 aromatic carbocycles. The number of hydrogen-bond donors (Lipinski definition) is 3. The number of cyclic esters (lactones) is 1. The van der Waals surface area contributed by atoms with Crippen LogP contribution in [0.4, 0.5) is 20.6 Å². The lowest BCUT2D eigenvalue weighted by molar-refractivity contribution is -0.119. The number of halogens is 1. The normalized spacial score (nSPS) is 15.6. The van der Waals surface area contributed by atoms with Gasteiger partial charge in [-0.25, -0.2) is 19.7 Å². The van der Waals surface area contributed by atoms with Crippen LogP contribution in [0.5, 0.6) is 0 Å². The second-order valence-corrected chi connectivity index (χ2v) is 6.86. The molecule has 2 amide bonds. The molecule has 1 aromatic rings. The molecule has 1 aliphatic heterocycles. The van der Waals surface area contributed by atoms with Gasteiger partial charge in [0.1, 0.15) is 11.9 Å². The predicted octanol–water partition coefficient (Wildman–Crippen LogP) is 1.24. The summed E-state index contributed by atoms with van der Waals surface area (Å²) in [5.41, 5.74) is 2.55. The van der Waals surface area contributed by atoms with Gasteiger partial charge in [-0.15, -0.1) is 0 Å². The number of ether oxygens (including phenoxy) is 1. The van der Waals surface area contributed by atoms with E-state index in [1.54, 1.807) is 17.0 Å². The summed E-state index contributed by atoms with van der Waals surface area (Å²) >= 11 is 4.91. The zero-order chi connectivity index (χ0) is 22.3. The van der Waals surface area contributed by atoms with Crippen LogP contribution in [0.25, 0.3) is 0 Å². The molecular formula is C18H26FN5O5S. The summed E-state index contributed by atoms with van der Waals surface area (Å²) < 4.78 is 20.1. The van der Waals surface area contributed by atoms with E-state index in [2.05, 4.69) is 5.32 Å². The van der Waals surface area contributed by atoms with E-state index in [1.807, 2.05) is 12.4 Å². The number of nitrogens with one attached hydrogen (secondary N) is 2. The third kappa shape index (κ3) is 5.90. The highest BCUT2D eigenvalue weighted by molar-refractivity contribution is 7.80. The first-order chi connectivity index (χ1) is 14.3. The second kappa shape index (κ2) is 10.9. The van der Waals surface area contributed by atoms with Crippen molar-refractivity contribution in [1.82, 2.24) is 15.9 Å². The number of likely N-dealkylation sites (N-methyl/N-ethyl adjacent to an activating group) is 1. The molecule has 0 radical (unpaired) electrons. The monoisotopic (exact) mass is 443 g/mol. The Kier molecular flexibility index (Phi) is 8.57. The van der Waals surface area contributed by atoms with Crippen LogP contribution in [-0.2, 0) is 14.4 Å². The summed E-state index contributed by atoms with van der Waals surface area (Å²) in [7, 11) is 1.41. The number of rotatable bonds is 9. The average molecular weight is 444 g/mol. The maximum atomic E-state index is 14.8. The van der Waals surface area contributed by atoms with E-state index in [4.69, 9.17) is 27.0 Å². The van der Waals surface area contributed by atoms with Crippen LogP contribution >= 0.6 is 12.2 Å². The molecule has 1 heterocycles. The molecule has 12 heteroatoms. The van der Waals surface area contributed by atoms with Gasteiger partial charge >= 0.3 is 6.09 Å². The minimum Gasteiger partial charge on any atom is -0.442 e. The SMILES string of the molecule is CCN(CCN(OC)C(=S)NO)c1ccc(N2C[C@H](CNC(C)=O)OC2=O)cc1F. The van der Waals surface area contributed by atoms with E-state index in [9.17, 15) is 14.0 Å². The Hall–Kier alpha value is -2.70. The van der Waals surface area contributed by atoms with Crippen LogP contribution in [0.2, 0.25) is 0 Å². The molecule has 0 unspecified atom stereocenters. The quantitative estimate of drug-likeness (QED) is 0.384. The van der Waals surface area contributed by atoms with E-state index >= 15 is 0 Å². The third-order valence-electron chi connectivity index (χ3n) is 4.53. The largest absolute Gasteiger partial charge is 0.442 e. The van der Waals surface area contributed by atoms with Crippen molar-refractivity contribution >= 4 is 40.7 Å². The minimum atomic E-state index is -0.592. The molecule has 166 valence electrons. The number of anilines is 2. The fourth-order valence-corrected chi connectivity index (χ4v) is 3.17. The minimum absolute atomic E-state index is 0.00858. The number of thiocarbonyl (C=S) groups is 1. The highest BCUT2D eigenvalue weighted by Crippen LogP contribution is 2.28. The lowest BCUT2D eigenvalue weighted by Crippen LogP contribution is -2.42. The molecule has 30 heavy (non-hydrogen) atoms. The Morgan fingerprint density at radius 3 is 2.77 bits per heavy atom. The van der Waals surface area contributed by atoms with Gasteiger partial charge in [0.15, 0.2) is 0 Å². The number of benzene rings is 1. The standard InChI is InChI=1S/C18H26FN5O5S/c1-4-22(7-8-24(28-3)17(30)21-27)16-6-5-13(9-15(16)19)23-11-14(29-18(23)26)10-20-12(2)25/h5-6,9,14,27H,4,7-8,10-11H2,1-3H3,(H,20,25)(H,21,30)/t14-/m0/s1. The molecule has 1 fully saturated rings. The van der Waals surface area contributed by atoms with Crippen LogP contribution in [-0.4, -0.2) is 73.3 Å². The number of carbonyl (C=O) groups is 2. The molecule has 1 atom stereocenters. The first-order valence-corrected chi connectivity index (χ1v) is 9.74. The van der Waals surface area contributed by atoms with Crippen molar-refractivity contribution in [3.63, 3.8) is 0 Å². The Labute approximate surface area is 179 Å². The van der Waals surface area contributed by atoms with Crippen LogP contribution in [0.3, 0.4) is 0 Å². The summed E-state index contributed by atoms with van der Waals surface area (Å²) in [5, 5.41) is 12.8. The Bertz CT molecular complexity index is 783. The maximum absolute atomic E-state index is 14.8. The summed E-state index contributed by atoms with van der Waals surface area (Å²) in [5.74, 6) is -0.721. The summed E-state index contributed by atoms with van der Waals surface area (Å²) in [6, 6.07) is 4.49. The molecule has 10 nitrogen and oxygen atoms in total. The first kappa shape index (κ1) is 23.6. The van der Waals surface area contributed by atoms with Gasteiger partial charge in [0.2, 0.25) is 11.0 Å². The first-order valence-electron chi connectivity index (χ1n) is 9.33. The molecule has 0 aromatic heterocycles. The Balaban J connectivity index is 2.07. The van der Waals surface area contributed by atoms with Gasteiger partial charge in [0.25, 0.3) is 0 Å². The highest BCUT2D eigenvalue weighted by Gasteiger charge is 2.32. The van der Waals surface area contributed by atoms with Crippen molar-refractivity contribution in [1.29, 1.82) is 0 Å². The smallest absolute Gasteiger partial charge is 0.414 e. The van der Waals surface area contributed by atoms with Gasteiger partial charge in [0.05, 0.1) is 38.1 Å². The van der Waals surface area contributed by atoms with Gasteiger partial charge < -0.3 is 15.0 Å². The Morgan fingerprint density at radius 2 is 2.20 bits per heavy atom. The summed E-state index contributed by atoms with van der Waals surface area (Å²) in [4.78, 5) is 31.3. The van der Waals surface area contributed by atoms with Gasteiger partial charge in [-0.05, 0) is 37.3 Å². The molecule has 0 bridgehead atoms. The van der Waals surface area contributed by atoms with Crippen molar-refractivity contribution in [3.05, 3.63) is 24.0 Å². The molecule has 0 aliphatic carbocycles. The van der Waals surface area contributed by atoms with Crippen LogP contribution < -0.4 is 20.6 Å². The molecule has 3 N–H and O–H groups in total. The fourth-order valence-electron chi connectivity index (χ4n) is 3.01. The van der Waals surface area contributed by atoms with E-state index in [0.29, 0.717) is 24.5 Å². The highest BCUT2D eigenvalue weighted by atomic mass is 32.1. The number of amides is 2. The maximum Gasteiger partial charge on any atom is 0.414 e. The van der Waals surface area contributed by atoms with E-state index in [1.165, 1.54) is 30.1 Å². The lowest BCUT2D eigenvalue weighted by Gasteiger charge is -2.28. The fraction of sp³-hybridized carbons (Fsp3) is 0.500. The topological polar surface area (TPSA) is 107 Å². The van der Waals surface area contributed by atoms with Gasteiger partial charge in [-0.2, -0.15) is 0 Å². The number of hydrogen-bond acceptors (Lipinski definition) is 7. The predicted molar refractivity (Wildman–Crippen MR) is 112 cm³/mol. The van der Waals surface area contributed by atoms with Gasteiger partial charge in [-0.1, -0.05) is 0 Å². The third-order valence-corrected chi connectivity index (χ3v) is 4.83. The molecule has 0 spiro atoms. The van der Waals surface area contributed by atoms with Crippen molar-refractivity contribution in [2.45, 2.75) is 20.0 Å². The van der Waals surface area contributed by atoms with Gasteiger partial charge in [-0.3, -0.25) is 19.7 Å². The zero-order valence-electron chi connectivity index (χ0n) is 17.1. The van der Waals surface area contributed by atoms with Crippen LogP contribution in [0, 0.1) is 5.82 Å². The zero-order valence-corrected chi connectivity index (χ0v) is 17.9. The van der Waals surface area contributed by atoms with E-state index in [-0.39, 0.29) is 30.7 Å². The van der Waals surface area contributed by atoms with Crippen LogP contribution in [0.1, 0.15) is 13.8 Å². The van der Waals surface area contributed by atoms with Crippen molar-refractivity contribution in [3.8, 4) is 0 Å². The molecule has 1 aliphatic rings. The molecule has 0 saturated carbocycles. The average Bonchev–Trinajstić information content (AvgIpc) is 3.10. The Morgan fingerprint density at radius 1 is 1.47 bits per heavy atom. The molecule has 1 saturated heterocycles. The van der Waals surface area contributed by atoms with E-state index < -0.39 is 18.0 Å². The summed E-state index contributed by atoms with van der Waals surface area (Å²) in [6.07, 6.45) is -1.09. The van der Waals surface area contributed by atoms with Crippen molar-refractivity contribution < 1.29 is 28.8 Å². The number of nitrogens with zero attached hydrogens (tertiary/aromatic N) is 3. The summed E-state index contributed by atoms with van der Waals surface area (Å²) in [6.45, 7) is 4.82. The molecular weight excluding hydrogens is 417 g/mol. The second-order valence-electron chi connectivity index (χ2n) is 6.47. The van der Waals surface area contributed by atoms with E-state index in [0.717, 1.165) is 0 Å². The lowest BCUT2D eigenvalue weighted by atomic mass is 10.2. The molecule has 2 rings (SSSR count). The van der Waals surface area contributed by atoms with Gasteiger partial charge in [0, 0.05) is 20.0 Å². The number of hydroxylamine groups is 3.